The molecule has 6 nitrogen and oxygen atoms in total. The number of hydrogen-bond acceptors (Lipinski definition) is 7. The first-order valence-corrected chi connectivity index (χ1v) is 9.54. The summed E-state index contributed by atoms with van der Waals surface area (Å²) >= 11 is 1.36. The first kappa shape index (κ1) is 16.6. The van der Waals surface area contributed by atoms with Crippen LogP contribution in [0.15, 0.2) is 105 Å². The Bertz CT molecular complexity index is 1190. The van der Waals surface area contributed by atoms with Gasteiger partial charge in [-0.3, -0.25) is 0 Å². The Morgan fingerprint density at radius 3 is 2.07 bits per heavy atom. The number of rotatable bonds is 2. The molecule has 1 aliphatic rings. The zero-order chi connectivity index (χ0) is 18.8. The summed E-state index contributed by atoms with van der Waals surface area (Å²) in [6.07, 6.45) is 0. The molecule has 1 aromatic heterocycles. The topological polar surface area (TPSA) is 66.1 Å². The van der Waals surface area contributed by atoms with Gasteiger partial charge in [0, 0.05) is 0 Å². The van der Waals surface area contributed by atoms with E-state index < -0.39 is 0 Å². The zero-order valence-electron chi connectivity index (χ0n) is 14.7. The molecule has 0 bridgehead atoms. The van der Waals surface area contributed by atoms with Crippen LogP contribution < -0.4 is 5.01 Å². The van der Waals surface area contributed by atoms with Crippen LogP contribution in [-0.4, -0.2) is 15.1 Å². The molecule has 0 amide bonds. The molecule has 7 heteroatoms. The van der Waals surface area contributed by atoms with E-state index in [1.54, 1.807) is 5.01 Å². The highest BCUT2D eigenvalue weighted by atomic mass is 32.2. The number of thioether (sulfide) groups is 1. The lowest BCUT2D eigenvalue weighted by Gasteiger charge is -2.24. The fourth-order valence-electron chi connectivity index (χ4n) is 2.81. The van der Waals surface area contributed by atoms with E-state index in [-0.39, 0.29) is 0 Å². The number of benzene rings is 3. The van der Waals surface area contributed by atoms with E-state index in [1.165, 1.54) is 11.8 Å². The number of aromatic nitrogens is 2. The summed E-state index contributed by atoms with van der Waals surface area (Å²) in [5.41, 5.74) is 3.32. The van der Waals surface area contributed by atoms with Gasteiger partial charge >= 0.3 is 0 Å². The van der Waals surface area contributed by atoms with Crippen LogP contribution in [0.25, 0.3) is 11.0 Å². The van der Waals surface area contributed by atoms with Gasteiger partial charge in [0.05, 0.1) is 22.4 Å². The van der Waals surface area contributed by atoms with Gasteiger partial charge in [0.15, 0.2) is 5.82 Å². The third-order valence-corrected chi connectivity index (χ3v) is 4.92. The third kappa shape index (κ3) is 3.23. The van der Waals surface area contributed by atoms with Gasteiger partial charge < -0.3 is 0 Å². The average molecular weight is 382 g/mol. The zero-order valence-corrected chi connectivity index (χ0v) is 15.5. The maximum atomic E-state index is 4.79. The van der Waals surface area contributed by atoms with Crippen LogP contribution >= 0.6 is 11.8 Å². The van der Waals surface area contributed by atoms with Gasteiger partial charge in [-0.05, 0) is 48.2 Å². The Morgan fingerprint density at radius 2 is 1.32 bits per heavy atom. The summed E-state index contributed by atoms with van der Waals surface area (Å²) in [4.78, 5) is 9.56. The van der Waals surface area contributed by atoms with Gasteiger partial charge in [0.25, 0.3) is 0 Å². The molecule has 134 valence electrons. The van der Waals surface area contributed by atoms with Crippen LogP contribution in [0.5, 0.6) is 0 Å². The van der Waals surface area contributed by atoms with Gasteiger partial charge in [-0.1, -0.05) is 48.5 Å². The number of anilines is 2. The number of fused-ring (bicyclic) bond motifs is 2. The summed E-state index contributed by atoms with van der Waals surface area (Å²) in [5.74, 6) is 0.688. The summed E-state index contributed by atoms with van der Waals surface area (Å²) in [6.45, 7) is 0. The molecule has 0 atom stereocenters. The van der Waals surface area contributed by atoms with Crippen molar-refractivity contribution < 1.29 is 0 Å². The number of hydrazone groups is 1. The normalized spacial score (nSPS) is 13.6. The summed E-state index contributed by atoms with van der Waals surface area (Å²) in [5, 5.41) is 16.3. The largest absolute Gasteiger partial charge is 0.235 e. The Hall–Kier alpha value is -3.58. The number of para-hydroxylation sites is 3. The van der Waals surface area contributed by atoms with Crippen molar-refractivity contribution >= 4 is 45.2 Å². The summed E-state index contributed by atoms with van der Waals surface area (Å²) in [7, 11) is 0. The summed E-state index contributed by atoms with van der Waals surface area (Å²) in [6, 6.07) is 27.2. The number of hydrogen-bond donors (Lipinski definition) is 0. The number of azo groups is 1. The predicted molar refractivity (Wildman–Crippen MR) is 112 cm³/mol. The van der Waals surface area contributed by atoms with E-state index in [2.05, 4.69) is 15.3 Å². The van der Waals surface area contributed by atoms with Gasteiger partial charge in [-0.15, -0.1) is 15.3 Å². The minimum absolute atomic E-state index is 0.504. The van der Waals surface area contributed by atoms with Crippen molar-refractivity contribution in [1.29, 1.82) is 0 Å². The molecule has 1 aliphatic heterocycles. The molecule has 0 unspecified atom stereocenters. The van der Waals surface area contributed by atoms with Crippen molar-refractivity contribution in [3.8, 4) is 0 Å². The smallest absolute Gasteiger partial charge is 0.234 e. The highest BCUT2D eigenvalue weighted by Crippen LogP contribution is 2.38. The predicted octanol–water partition coefficient (Wildman–Crippen LogP) is 5.93. The highest BCUT2D eigenvalue weighted by Gasteiger charge is 2.25. The number of nitrogens with zero attached hydrogens (tertiary/aromatic N) is 6. The second kappa shape index (κ2) is 7.21. The van der Waals surface area contributed by atoms with E-state index in [9.17, 15) is 0 Å². The SMILES string of the molecule is c1ccc(N=NC2=NN(c3ccccc3)c3nc4ccccc4nc3S2)cc1. The van der Waals surface area contributed by atoms with Crippen LogP contribution in [0.4, 0.5) is 17.2 Å². The minimum atomic E-state index is 0.504. The van der Waals surface area contributed by atoms with Crippen LogP contribution in [0.2, 0.25) is 0 Å². The van der Waals surface area contributed by atoms with Crippen molar-refractivity contribution in [2.45, 2.75) is 5.03 Å². The van der Waals surface area contributed by atoms with Gasteiger partial charge in [0.1, 0.15) is 5.03 Å². The van der Waals surface area contributed by atoms with Crippen LogP contribution in [-0.2, 0) is 0 Å². The molecular formula is C21H14N6S. The van der Waals surface area contributed by atoms with E-state index in [0.29, 0.717) is 11.0 Å². The molecule has 2 heterocycles. The van der Waals surface area contributed by atoms with Gasteiger partial charge in [-0.25, -0.2) is 15.0 Å². The van der Waals surface area contributed by atoms with Crippen molar-refractivity contribution in [1.82, 2.24) is 9.97 Å². The second-order valence-electron chi connectivity index (χ2n) is 6.01. The summed E-state index contributed by atoms with van der Waals surface area (Å²) < 4.78 is 0. The lowest BCUT2D eigenvalue weighted by molar-refractivity contribution is 0.968. The quantitative estimate of drug-likeness (QED) is 0.403. The Labute approximate surface area is 165 Å². The molecule has 0 aliphatic carbocycles. The molecular weight excluding hydrogens is 368 g/mol. The third-order valence-electron chi connectivity index (χ3n) is 4.10. The Balaban J connectivity index is 1.61. The van der Waals surface area contributed by atoms with Crippen LogP contribution in [0, 0.1) is 0 Å². The molecule has 3 aromatic carbocycles. The number of amidine groups is 1. The van der Waals surface area contributed by atoms with E-state index in [4.69, 9.17) is 9.97 Å². The van der Waals surface area contributed by atoms with Crippen molar-refractivity contribution in [2.75, 3.05) is 5.01 Å². The molecule has 28 heavy (non-hydrogen) atoms. The molecule has 0 fully saturated rings. The second-order valence-corrected chi connectivity index (χ2v) is 6.96. The lowest BCUT2D eigenvalue weighted by Crippen LogP contribution is -2.18. The van der Waals surface area contributed by atoms with E-state index in [1.807, 2.05) is 84.9 Å². The van der Waals surface area contributed by atoms with Crippen molar-refractivity contribution in [3.05, 3.63) is 84.9 Å². The van der Waals surface area contributed by atoms with Crippen molar-refractivity contribution in [3.63, 3.8) is 0 Å². The van der Waals surface area contributed by atoms with Crippen molar-refractivity contribution in [2.24, 2.45) is 15.3 Å². The average Bonchev–Trinajstić information content (AvgIpc) is 2.77. The first-order chi connectivity index (χ1) is 13.9. The molecule has 4 aromatic rings. The standard InChI is InChI=1S/C21H14N6S/c1-3-9-15(10-4-1)24-25-21-26-27(16-11-5-2-6-12-16)19-20(28-21)23-18-14-8-7-13-17(18)22-19/h1-14H. The molecule has 0 spiro atoms. The van der Waals surface area contributed by atoms with Gasteiger partial charge in [-0.2, -0.15) is 0 Å². The first-order valence-electron chi connectivity index (χ1n) is 8.72. The van der Waals surface area contributed by atoms with Crippen LogP contribution in [0.1, 0.15) is 0 Å². The molecule has 0 saturated carbocycles. The van der Waals surface area contributed by atoms with E-state index >= 15 is 0 Å². The minimum Gasteiger partial charge on any atom is -0.235 e. The molecule has 0 N–H and O–H groups in total. The molecule has 0 saturated heterocycles. The lowest BCUT2D eigenvalue weighted by atomic mass is 10.3. The Kier molecular flexibility index (Phi) is 4.27. The monoisotopic (exact) mass is 382 g/mol. The maximum Gasteiger partial charge on any atom is 0.234 e. The maximum absolute atomic E-state index is 4.79. The fraction of sp³-hybridized carbons (Fsp3) is 0. The van der Waals surface area contributed by atoms with Crippen LogP contribution in [0.3, 0.4) is 0 Å². The fourth-order valence-corrected chi connectivity index (χ4v) is 3.55. The molecule has 0 radical (unpaired) electrons. The van der Waals surface area contributed by atoms with Gasteiger partial charge in [0.2, 0.25) is 5.17 Å². The van der Waals surface area contributed by atoms with E-state index in [0.717, 1.165) is 27.4 Å². The Morgan fingerprint density at radius 1 is 0.679 bits per heavy atom. The molecule has 5 rings (SSSR count). The highest BCUT2D eigenvalue weighted by molar-refractivity contribution is 8.14.